The van der Waals surface area contributed by atoms with Crippen molar-refractivity contribution < 1.29 is 29.6 Å². The van der Waals surface area contributed by atoms with Crippen molar-refractivity contribution in [2.24, 2.45) is 0 Å². The van der Waals surface area contributed by atoms with Crippen LogP contribution in [0.4, 0.5) is 0 Å². The summed E-state index contributed by atoms with van der Waals surface area (Å²) in [6, 6.07) is 0. The molecule has 0 aliphatic carbocycles. The lowest BCUT2D eigenvalue weighted by molar-refractivity contribution is -0.268. The number of rotatable bonds is 5. The fourth-order valence-corrected chi connectivity index (χ4v) is 0.332. The average molecular weight is 194 g/mol. The van der Waals surface area contributed by atoms with Crippen molar-refractivity contribution in [2.45, 2.75) is 19.8 Å². The van der Waals surface area contributed by atoms with Gasteiger partial charge in [0.1, 0.15) is 0 Å². The van der Waals surface area contributed by atoms with E-state index in [0.717, 1.165) is 0 Å². The van der Waals surface area contributed by atoms with Crippen LogP contribution in [0.3, 0.4) is 0 Å². The first-order valence-corrected chi connectivity index (χ1v) is 3.63. The van der Waals surface area contributed by atoms with Gasteiger partial charge in [0.05, 0.1) is 26.6 Å². The normalized spacial score (nSPS) is 8.46. The molecule has 13 heavy (non-hydrogen) atoms. The largest absolute Gasteiger partial charge is 0.481 e. The quantitative estimate of drug-likeness (QED) is 0.489. The van der Waals surface area contributed by atoms with E-state index in [0.29, 0.717) is 6.61 Å². The molecule has 6 nitrogen and oxygen atoms in total. The summed E-state index contributed by atoms with van der Waals surface area (Å²) in [6.45, 7) is 2.49. The Hall–Kier alpha value is -1.14. The average Bonchev–Trinajstić information content (AvgIpc) is 2.03. The Balaban J connectivity index is 0. The molecule has 0 aromatic carbocycles. The van der Waals surface area contributed by atoms with Crippen molar-refractivity contribution >= 4 is 11.9 Å². The van der Waals surface area contributed by atoms with Crippen LogP contribution in [0.25, 0.3) is 0 Å². The van der Waals surface area contributed by atoms with Gasteiger partial charge < -0.3 is 10.2 Å². The number of carboxylic acid groups (broad SMARTS) is 2. The zero-order valence-corrected chi connectivity index (χ0v) is 7.65. The number of hydrogen-bond acceptors (Lipinski definition) is 4. The molecule has 0 saturated carbocycles. The summed E-state index contributed by atoms with van der Waals surface area (Å²) in [6.07, 6.45) is -0.593. The van der Waals surface area contributed by atoms with Crippen LogP contribution in [-0.2, 0) is 19.4 Å². The monoisotopic (exact) mass is 194 g/mol. The lowest BCUT2D eigenvalue weighted by Crippen LogP contribution is -2.00. The first-order valence-electron chi connectivity index (χ1n) is 3.63. The molecule has 0 aromatic heterocycles. The van der Waals surface area contributed by atoms with Gasteiger partial charge in [-0.15, -0.1) is 0 Å². The van der Waals surface area contributed by atoms with Gasteiger partial charge in [-0.3, -0.25) is 9.59 Å². The Morgan fingerprint density at radius 3 is 1.62 bits per heavy atom. The fourth-order valence-electron chi connectivity index (χ4n) is 0.332. The van der Waals surface area contributed by atoms with E-state index in [1.165, 1.54) is 7.11 Å². The zero-order chi connectivity index (χ0) is 10.7. The SMILES string of the molecule is CCOOC.O=C(O)CCC(=O)O. The van der Waals surface area contributed by atoms with Gasteiger partial charge in [0, 0.05) is 0 Å². The van der Waals surface area contributed by atoms with E-state index in [-0.39, 0.29) is 12.8 Å². The van der Waals surface area contributed by atoms with Crippen LogP contribution < -0.4 is 0 Å². The highest BCUT2D eigenvalue weighted by atomic mass is 17.2. The molecule has 0 amide bonds. The molecular formula is C7H14O6. The maximum absolute atomic E-state index is 9.64. The molecule has 0 aromatic rings. The summed E-state index contributed by atoms with van der Waals surface area (Å²) in [5.74, 6) is -2.15. The molecule has 0 fully saturated rings. The lowest BCUT2D eigenvalue weighted by Gasteiger charge is -1.86. The van der Waals surface area contributed by atoms with Gasteiger partial charge in [0.15, 0.2) is 0 Å². The van der Waals surface area contributed by atoms with Crippen LogP contribution >= 0.6 is 0 Å². The Morgan fingerprint density at radius 2 is 1.54 bits per heavy atom. The summed E-state index contributed by atoms with van der Waals surface area (Å²) in [5.41, 5.74) is 0. The predicted octanol–water partition coefficient (Wildman–Crippen LogP) is 0.520. The number of carbonyl (C=O) groups is 2. The number of aliphatic carboxylic acids is 2. The molecule has 0 heterocycles. The Bertz CT molecular complexity index is 128. The van der Waals surface area contributed by atoms with Gasteiger partial charge >= 0.3 is 11.9 Å². The third-order valence-electron chi connectivity index (χ3n) is 0.788. The van der Waals surface area contributed by atoms with Crippen molar-refractivity contribution in [3.05, 3.63) is 0 Å². The van der Waals surface area contributed by atoms with Gasteiger partial charge in [0.25, 0.3) is 0 Å². The number of carboxylic acids is 2. The highest BCUT2D eigenvalue weighted by Gasteiger charge is 2.00. The maximum atomic E-state index is 9.64. The minimum absolute atomic E-state index is 0.296. The van der Waals surface area contributed by atoms with E-state index in [2.05, 4.69) is 9.78 Å². The standard InChI is InChI=1S/C4H6O4.C3H8O2/c5-3(6)1-2-4(7)8;1-3-5-4-2/h1-2H2,(H,5,6)(H,7,8);3H2,1-2H3. The first-order chi connectivity index (χ1) is 6.04. The van der Waals surface area contributed by atoms with Crippen molar-refractivity contribution in [3.8, 4) is 0 Å². The second-order valence-corrected chi connectivity index (χ2v) is 1.86. The predicted molar refractivity (Wildman–Crippen MR) is 43.1 cm³/mol. The maximum Gasteiger partial charge on any atom is 0.303 e. The molecule has 0 atom stereocenters. The summed E-state index contributed by atoms with van der Waals surface area (Å²) in [5, 5.41) is 15.8. The Kier molecular flexibility index (Phi) is 12.0. The molecule has 0 unspecified atom stereocenters. The molecule has 2 N–H and O–H groups in total. The van der Waals surface area contributed by atoms with Crippen LogP contribution in [0.2, 0.25) is 0 Å². The molecular weight excluding hydrogens is 180 g/mol. The molecule has 78 valence electrons. The van der Waals surface area contributed by atoms with Crippen molar-refractivity contribution in [2.75, 3.05) is 13.7 Å². The van der Waals surface area contributed by atoms with Crippen LogP contribution in [-0.4, -0.2) is 35.9 Å². The third kappa shape index (κ3) is 24.8. The molecule has 0 spiro atoms. The van der Waals surface area contributed by atoms with Crippen molar-refractivity contribution in [3.63, 3.8) is 0 Å². The van der Waals surface area contributed by atoms with Gasteiger partial charge in [-0.05, 0) is 6.92 Å². The molecule has 0 radical (unpaired) electrons. The van der Waals surface area contributed by atoms with E-state index in [4.69, 9.17) is 10.2 Å². The second-order valence-electron chi connectivity index (χ2n) is 1.86. The molecule has 0 aliphatic rings. The van der Waals surface area contributed by atoms with Crippen molar-refractivity contribution in [1.82, 2.24) is 0 Å². The van der Waals surface area contributed by atoms with E-state index >= 15 is 0 Å². The molecule has 0 bridgehead atoms. The first kappa shape index (κ1) is 14.4. The van der Waals surface area contributed by atoms with E-state index in [9.17, 15) is 9.59 Å². The van der Waals surface area contributed by atoms with Gasteiger partial charge in [-0.1, -0.05) is 0 Å². The Labute approximate surface area is 76.0 Å². The summed E-state index contributed by atoms with van der Waals surface area (Å²) >= 11 is 0. The number of hydrogen-bond donors (Lipinski definition) is 2. The van der Waals surface area contributed by atoms with E-state index < -0.39 is 11.9 Å². The van der Waals surface area contributed by atoms with Crippen LogP contribution in [0.1, 0.15) is 19.8 Å². The topological polar surface area (TPSA) is 93.1 Å². The van der Waals surface area contributed by atoms with E-state index in [1.807, 2.05) is 6.92 Å². The molecule has 0 aliphatic heterocycles. The highest BCUT2D eigenvalue weighted by molar-refractivity contribution is 5.75. The fraction of sp³-hybridized carbons (Fsp3) is 0.714. The minimum Gasteiger partial charge on any atom is -0.481 e. The molecule has 0 rings (SSSR count). The van der Waals surface area contributed by atoms with Gasteiger partial charge in [-0.25, -0.2) is 9.78 Å². The van der Waals surface area contributed by atoms with Gasteiger partial charge in [-0.2, -0.15) is 0 Å². The molecule has 0 saturated heterocycles. The molecule has 6 heteroatoms. The smallest absolute Gasteiger partial charge is 0.303 e. The van der Waals surface area contributed by atoms with Crippen molar-refractivity contribution in [1.29, 1.82) is 0 Å². The summed E-state index contributed by atoms with van der Waals surface area (Å²) in [7, 11) is 1.49. The summed E-state index contributed by atoms with van der Waals surface area (Å²) < 4.78 is 0. The van der Waals surface area contributed by atoms with Crippen LogP contribution in [0, 0.1) is 0 Å². The Morgan fingerprint density at radius 1 is 1.15 bits per heavy atom. The van der Waals surface area contributed by atoms with Crippen LogP contribution in [0.5, 0.6) is 0 Å². The minimum atomic E-state index is -1.08. The second kappa shape index (κ2) is 10.9. The lowest BCUT2D eigenvalue weighted by atomic mass is 10.3. The van der Waals surface area contributed by atoms with Gasteiger partial charge in [0.2, 0.25) is 0 Å². The summed E-state index contributed by atoms with van der Waals surface area (Å²) in [4.78, 5) is 27.8. The third-order valence-corrected chi connectivity index (χ3v) is 0.788. The van der Waals surface area contributed by atoms with Crippen LogP contribution in [0.15, 0.2) is 0 Å². The van der Waals surface area contributed by atoms with E-state index in [1.54, 1.807) is 0 Å². The zero-order valence-electron chi connectivity index (χ0n) is 7.65. The highest BCUT2D eigenvalue weighted by Crippen LogP contribution is 1.86.